The molecule has 0 bridgehead atoms. The van der Waals surface area contributed by atoms with Crippen molar-refractivity contribution < 1.29 is 19.5 Å². The van der Waals surface area contributed by atoms with E-state index in [0.29, 0.717) is 17.9 Å². The molecule has 0 fully saturated rings. The van der Waals surface area contributed by atoms with Gasteiger partial charge in [0, 0.05) is 19.4 Å². The van der Waals surface area contributed by atoms with Crippen molar-refractivity contribution in [1.29, 1.82) is 0 Å². The molecule has 2 rings (SSSR count). The number of rotatable bonds is 3. The number of hydrogen-bond donors (Lipinski definition) is 1. The standard InChI is InChI=1S/C10H11NO5.C2H6/c1-10(4-5-12)15-8-3-2-7(11(13)14)6-9(8)16-10;1-2/h2-3,6,12H,4-5H2,1H3;1-2H3. The molecule has 1 aliphatic heterocycles. The van der Waals surface area contributed by atoms with Crippen molar-refractivity contribution in [3.63, 3.8) is 0 Å². The van der Waals surface area contributed by atoms with Crippen LogP contribution in [-0.4, -0.2) is 22.4 Å². The fourth-order valence-electron chi connectivity index (χ4n) is 1.57. The van der Waals surface area contributed by atoms with Crippen LogP contribution in [0.3, 0.4) is 0 Å². The topological polar surface area (TPSA) is 81.8 Å². The minimum absolute atomic E-state index is 0.0457. The van der Waals surface area contributed by atoms with Crippen molar-refractivity contribution in [1.82, 2.24) is 0 Å². The van der Waals surface area contributed by atoms with Gasteiger partial charge in [0.25, 0.3) is 11.5 Å². The largest absolute Gasteiger partial charge is 0.449 e. The third-order valence-electron chi connectivity index (χ3n) is 2.36. The minimum atomic E-state index is -0.938. The molecule has 1 unspecified atom stereocenters. The van der Waals surface area contributed by atoms with Crippen LogP contribution in [0.1, 0.15) is 27.2 Å². The highest BCUT2D eigenvalue weighted by atomic mass is 16.7. The van der Waals surface area contributed by atoms with E-state index in [2.05, 4.69) is 0 Å². The maximum absolute atomic E-state index is 10.6. The summed E-state index contributed by atoms with van der Waals surface area (Å²) < 4.78 is 10.9. The molecule has 0 aromatic heterocycles. The second-order valence-corrected chi connectivity index (χ2v) is 3.70. The predicted molar refractivity (Wildman–Crippen MR) is 65.8 cm³/mol. The Kier molecular flexibility index (Phi) is 4.49. The third-order valence-corrected chi connectivity index (χ3v) is 2.36. The maximum atomic E-state index is 10.6. The summed E-state index contributed by atoms with van der Waals surface area (Å²) in [5.41, 5.74) is -0.0457. The van der Waals surface area contributed by atoms with E-state index in [1.165, 1.54) is 18.2 Å². The molecule has 1 aromatic carbocycles. The molecule has 1 N–H and O–H groups in total. The highest BCUT2D eigenvalue weighted by molar-refractivity contribution is 5.50. The van der Waals surface area contributed by atoms with E-state index in [-0.39, 0.29) is 12.3 Å². The average molecular weight is 255 g/mol. The monoisotopic (exact) mass is 255 g/mol. The van der Waals surface area contributed by atoms with Gasteiger partial charge in [-0.1, -0.05) is 13.8 Å². The first-order valence-corrected chi connectivity index (χ1v) is 5.81. The Morgan fingerprint density at radius 1 is 1.33 bits per heavy atom. The second kappa shape index (κ2) is 5.68. The summed E-state index contributed by atoms with van der Waals surface area (Å²) in [5.74, 6) is -0.140. The first-order valence-electron chi connectivity index (χ1n) is 5.81. The molecule has 1 aliphatic rings. The van der Waals surface area contributed by atoms with Crippen LogP contribution in [-0.2, 0) is 0 Å². The molecular weight excluding hydrogens is 238 g/mol. The molecule has 100 valence electrons. The lowest BCUT2D eigenvalue weighted by atomic mass is 10.2. The summed E-state index contributed by atoms with van der Waals surface area (Å²) in [6.45, 7) is 5.60. The molecule has 0 amide bonds. The molecule has 1 heterocycles. The Morgan fingerprint density at radius 2 is 1.94 bits per heavy atom. The van der Waals surface area contributed by atoms with Crippen molar-refractivity contribution in [2.45, 2.75) is 33.0 Å². The van der Waals surface area contributed by atoms with E-state index in [9.17, 15) is 10.1 Å². The van der Waals surface area contributed by atoms with Crippen LogP contribution in [0.25, 0.3) is 0 Å². The molecule has 0 saturated carbocycles. The fourth-order valence-corrected chi connectivity index (χ4v) is 1.57. The number of nitro benzene ring substituents is 1. The average Bonchev–Trinajstić information content (AvgIpc) is 2.66. The van der Waals surface area contributed by atoms with Crippen molar-refractivity contribution in [3.8, 4) is 11.5 Å². The van der Waals surface area contributed by atoms with Gasteiger partial charge in [0.2, 0.25) is 0 Å². The number of nitro groups is 1. The van der Waals surface area contributed by atoms with E-state index in [1.54, 1.807) is 6.92 Å². The quantitative estimate of drug-likeness (QED) is 0.662. The van der Waals surface area contributed by atoms with Gasteiger partial charge >= 0.3 is 0 Å². The Balaban J connectivity index is 0.000000771. The van der Waals surface area contributed by atoms with Crippen molar-refractivity contribution in [3.05, 3.63) is 28.3 Å². The highest BCUT2D eigenvalue weighted by Gasteiger charge is 2.37. The van der Waals surface area contributed by atoms with E-state index < -0.39 is 10.7 Å². The van der Waals surface area contributed by atoms with Crippen LogP contribution < -0.4 is 9.47 Å². The summed E-state index contributed by atoms with van der Waals surface area (Å²) in [7, 11) is 0. The number of fused-ring (bicyclic) bond motifs is 1. The molecule has 1 atom stereocenters. The van der Waals surface area contributed by atoms with Crippen molar-refractivity contribution in [2.24, 2.45) is 0 Å². The van der Waals surface area contributed by atoms with Crippen LogP contribution in [0.15, 0.2) is 18.2 Å². The van der Waals surface area contributed by atoms with Crippen molar-refractivity contribution >= 4 is 5.69 Å². The summed E-state index contributed by atoms with van der Waals surface area (Å²) in [6.07, 6.45) is 0.301. The second-order valence-electron chi connectivity index (χ2n) is 3.70. The van der Waals surface area contributed by atoms with Crippen LogP contribution in [0.5, 0.6) is 11.5 Å². The third kappa shape index (κ3) is 2.89. The van der Waals surface area contributed by atoms with E-state index in [4.69, 9.17) is 14.6 Å². The summed E-state index contributed by atoms with van der Waals surface area (Å²) in [4.78, 5) is 10.1. The van der Waals surface area contributed by atoms with Gasteiger partial charge in [-0.05, 0) is 6.07 Å². The predicted octanol–water partition coefficient (Wildman–Crippen LogP) is 2.49. The number of benzene rings is 1. The van der Waals surface area contributed by atoms with Gasteiger partial charge in [-0.3, -0.25) is 10.1 Å². The van der Waals surface area contributed by atoms with Crippen molar-refractivity contribution in [2.75, 3.05) is 6.61 Å². The van der Waals surface area contributed by atoms with Gasteiger partial charge in [0.05, 0.1) is 17.6 Å². The Morgan fingerprint density at radius 3 is 2.50 bits per heavy atom. The highest BCUT2D eigenvalue weighted by Crippen LogP contribution is 2.42. The van der Waals surface area contributed by atoms with Gasteiger partial charge in [-0.15, -0.1) is 0 Å². The van der Waals surface area contributed by atoms with Crippen LogP contribution in [0.2, 0.25) is 0 Å². The molecule has 1 aromatic rings. The smallest absolute Gasteiger partial charge is 0.273 e. The molecule has 0 aliphatic carbocycles. The molecule has 0 radical (unpaired) electrons. The van der Waals surface area contributed by atoms with Crippen LogP contribution >= 0.6 is 0 Å². The van der Waals surface area contributed by atoms with Gasteiger partial charge in [0.1, 0.15) is 0 Å². The molecular formula is C12H17NO5. The SMILES string of the molecule is CC.CC1(CCO)Oc2ccc([N+](=O)[O-])cc2O1. The summed E-state index contributed by atoms with van der Waals surface area (Å²) in [5, 5.41) is 19.4. The zero-order valence-corrected chi connectivity index (χ0v) is 10.7. The van der Waals surface area contributed by atoms with E-state index in [0.717, 1.165) is 0 Å². The lowest BCUT2D eigenvalue weighted by Crippen LogP contribution is -2.35. The van der Waals surface area contributed by atoms with E-state index >= 15 is 0 Å². The van der Waals surface area contributed by atoms with Gasteiger partial charge in [0.15, 0.2) is 11.5 Å². The Hall–Kier alpha value is -1.82. The zero-order valence-electron chi connectivity index (χ0n) is 10.7. The lowest BCUT2D eigenvalue weighted by Gasteiger charge is -2.21. The first-order chi connectivity index (χ1) is 8.54. The fraction of sp³-hybridized carbons (Fsp3) is 0.500. The van der Waals surface area contributed by atoms with Crippen LogP contribution in [0.4, 0.5) is 5.69 Å². The molecule has 6 nitrogen and oxygen atoms in total. The molecule has 18 heavy (non-hydrogen) atoms. The molecule has 6 heteroatoms. The maximum Gasteiger partial charge on any atom is 0.273 e. The number of non-ortho nitro benzene ring substituents is 1. The number of aliphatic hydroxyl groups is 1. The zero-order chi connectivity index (χ0) is 13.8. The first kappa shape index (κ1) is 14.2. The van der Waals surface area contributed by atoms with Crippen LogP contribution in [0, 0.1) is 10.1 Å². The van der Waals surface area contributed by atoms with E-state index in [1.807, 2.05) is 13.8 Å². The van der Waals surface area contributed by atoms with Gasteiger partial charge in [-0.25, -0.2) is 0 Å². The lowest BCUT2D eigenvalue weighted by molar-refractivity contribution is -0.384. The molecule has 0 spiro atoms. The number of nitrogens with zero attached hydrogens (tertiary/aromatic N) is 1. The number of ether oxygens (including phenoxy) is 2. The summed E-state index contributed by atoms with van der Waals surface area (Å²) >= 11 is 0. The van der Waals surface area contributed by atoms with Gasteiger partial charge < -0.3 is 14.6 Å². The summed E-state index contributed by atoms with van der Waals surface area (Å²) in [6, 6.07) is 4.17. The molecule has 0 saturated heterocycles. The Bertz CT molecular complexity index is 434. The minimum Gasteiger partial charge on any atom is -0.449 e. The normalized spacial score (nSPS) is 20.0. The van der Waals surface area contributed by atoms with Gasteiger partial charge in [-0.2, -0.15) is 0 Å². The number of hydrogen-bond acceptors (Lipinski definition) is 5. The number of aliphatic hydroxyl groups excluding tert-OH is 1. The Labute approximate surface area is 105 Å².